The Balaban J connectivity index is 2.93. The van der Waals surface area contributed by atoms with E-state index in [2.05, 4.69) is 22.6 Å². The Labute approximate surface area is 86.5 Å². The highest BCUT2D eigenvalue weighted by Gasteiger charge is 2.06. The number of halogens is 2. The number of hydrogen-bond acceptors (Lipinski definition) is 2. The van der Waals surface area contributed by atoms with Crippen LogP contribution in [0.4, 0.5) is 9.39 Å². The lowest BCUT2D eigenvalue weighted by Crippen LogP contribution is -1.76. The van der Waals surface area contributed by atoms with Gasteiger partial charge in [-0.2, -0.15) is 0 Å². The molecule has 0 unspecified atom stereocenters. The zero-order valence-corrected chi connectivity index (χ0v) is 8.95. The largest absolute Gasteiger partial charge is 0.391 e. The van der Waals surface area contributed by atoms with Crippen molar-refractivity contribution in [1.82, 2.24) is 0 Å². The summed E-state index contributed by atoms with van der Waals surface area (Å²) in [5.74, 6) is -0.188. The molecule has 2 aromatic rings. The second kappa shape index (κ2) is 2.85. The van der Waals surface area contributed by atoms with Gasteiger partial charge in [-0.25, -0.2) is 4.39 Å². The molecule has 1 aromatic carbocycles. The fraction of sp³-hybridized carbons (Fsp3) is 0. The van der Waals surface area contributed by atoms with Gasteiger partial charge in [-0.15, -0.1) is 11.3 Å². The molecule has 0 aliphatic carbocycles. The molecule has 0 fully saturated rings. The molecule has 0 aliphatic rings. The molecule has 0 bridgehead atoms. The Morgan fingerprint density at radius 2 is 2.17 bits per heavy atom. The lowest BCUT2D eigenvalue weighted by atomic mass is 10.2. The number of nitrogens with two attached hydrogens (primary N) is 1. The number of fused-ring (bicyclic) bond motifs is 1. The van der Waals surface area contributed by atoms with E-state index < -0.39 is 0 Å². The Bertz CT molecular complexity index is 399. The van der Waals surface area contributed by atoms with Gasteiger partial charge in [0.25, 0.3) is 0 Å². The van der Waals surface area contributed by atoms with Crippen molar-refractivity contribution < 1.29 is 4.39 Å². The molecule has 2 rings (SSSR count). The maximum Gasteiger partial charge on any atom is 0.141 e. The van der Waals surface area contributed by atoms with E-state index in [1.54, 1.807) is 6.07 Å². The van der Waals surface area contributed by atoms with Gasteiger partial charge in [0.1, 0.15) is 5.82 Å². The van der Waals surface area contributed by atoms with Crippen LogP contribution in [0.25, 0.3) is 10.1 Å². The van der Waals surface area contributed by atoms with Gasteiger partial charge in [0, 0.05) is 8.96 Å². The van der Waals surface area contributed by atoms with Crippen LogP contribution in [0.15, 0.2) is 18.2 Å². The van der Waals surface area contributed by atoms with Crippen LogP contribution in [0.1, 0.15) is 0 Å². The molecule has 0 saturated carbocycles. The molecule has 1 nitrogen and oxygen atoms in total. The Morgan fingerprint density at radius 3 is 2.83 bits per heavy atom. The van der Waals surface area contributed by atoms with Crippen LogP contribution < -0.4 is 5.73 Å². The summed E-state index contributed by atoms with van der Waals surface area (Å²) in [5.41, 5.74) is 5.58. The summed E-state index contributed by atoms with van der Waals surface area (Å²) in [6, 6.07) is 5.04. The maximum atomic E-state index is 13.1. The van der Waals surface area contributed by atoms with E-state index in [-0.39, 0.29) is 5.82 Å². The van der Waals surface area contributed by atoms with Crippen molar-refractivity contribution in [2.24, 2.45) is 0 Å². The first-order valence-electron chi connectivity index (χ1n) is 3.31. The van der Waals surface area contributed by atoms with Crippen molar-refractivity contribution in [2.45, 2.75) is 0 Å². The summed E-state index contributed by atoms with van der Waals surface area (Å²) >= 11 is 3.46. The molecular formula is C8H5FINS. The van der Waals surface area contributed by atoms with E-state index in [0.717, 1.165) is 8.96 Å². The smallest absolute Gasteiger partial charge is 0.141 e. The van der Waals surface area contributed by atoms with Gasteiger partial charge >= 0.3 is 0 Å². The highest BCUT2D eigenvalue weighted by atomic mass is 127. The third-order valence-electron chi connectivity index (χ3n) is 1.60. The molecular weight excluding hydrogens is 288 g/mol. The van der Waals surface area contributed by atoms with Gasteiger partial charge in [0.15, 0.2) is 0 Å². The van der Waals surface area contributed by atoms with Crippen molar-refractivity contribution in [3.8, 4) is 0 Å². The summed E-state index contributed by atoms with van der Waals surface area (Å²) in [4.78, 5) is 0. The minimum absolute atomic E-state index is 0.188. The molecule has 1 aromatic heterocycles. The lowest BCUT2D eigenvalue weighted by Gasteiger charge is -1.93. The lowest BCUT2D eigenvalue weighted by molar-refractivity contribution is 0.641. The molecule has 0 radical (unpaired) electrons. The molecule has 4 heteroatoms. The molecule has 0 amide bonds. The zero-order valence-electron chi connectivity index (χ0n) is 5.97. The number of rotatable bonds is 0. The fourth-order valence-electron chi connectivity index (χ4n) is 1.08. The van der Waals surface area contributed by atoms with Crippen LogP contribution in [0.3, 0.4) is 0 Å². The molecule has 1 heterocycles. The first-order chi connectivity index (χ1) is 5.68. The summed E-state index contributed by atoms with van der Waals surface area (Å²) in [7, 11) is 0. The van der Waals surface area contributed by atoms with Gasteiger partial charge < -0.3 is 5.73 Å². The molecule has 0 saturated heterocycles. The minimum Gasteiger partial charge on any atom is -0.391 e. The van der Waals surface area contributed by atoms with Crippen LogP contribution in [0, 0.1) is 9.39 Å². The van der Waals surface area contributed by atoms with E-state index in [9.17, 15) is 4.39 Å². The summed E-state index contributed by atoms with van der Waals surface area (Å²) < 4.78 is 14.8. The highest BCUT2D eigenvalue weighted by molar-refractivity contribution is 14.1. The van der Waals surface area contributed by atoms with Crippen molar-refractivity contribution in [3.63, 3.8) is 0 Å². The number of nitrogen functional groups attached to an aromatic ring is 1. The van der Waals surface area contributed by atoms with Crippen molar-refractivity contribution in [3.05, 3.63) is 27.6 Å². The number of thiophene rings is 1. The Hall–Kier alpha value is -0.360. The molecule has 12 heavy (non-hydrogen) atoms. The minimum atomic E-state index is -0.188. The summed E-state index contributed by atoms with van der Waals surface area (Å²) in [6.07, 6.45) is 0. The van der Waals surface area contributed by atoms with E-state index in [1.807, 2.05) is 6.07 Å². The first kappa shape index (κ1) is 8.25. The average molecular weight is 293 g/mol. The molecule has 0 aliphatic heterocycles. The van der Waals surface area contributed by atoms with E-state index >= 15 is 0 Å². The molecule has 0 atom stereocenters. The van der Waals surface area contributed by atoms with Gasteiger partial charge in [0.2, 0.25) is 0 Å². The van der Waals surface area contributed by atoms with Crippen LogP contribution in [-0.2, 0) is 0 Å². The van der Waals surface area contributed by atoms with E-state index in [4.69, 9.17) is 5.73 Å². The SMILES string of the molecule is Nc1cc2c(I)ccc(F)c2s1. The van der Waals surface area contributed by atoms with Gasteiger partial charge in [-0.05, 0) is 40.8 Å². The molecule has 0 spiro atoms. The van der Waals surface area contributed by atoms with E-state index in [1.165, 1.54) is 17.4 Å². The Morgan fingerprint density at radius 1 is 1.42 bits per heavy atom. The normalized spacial score (nSPS) is 10.8. The fourth-order valence-corrected chi connectivity index (χ4v) is 2.72. The van der Waals surface area contributed by atoms with Crippen LogP contribution in [0.2, 0.25) is 0 Å². The van der Waals surface area contributed by atoms with Crippen molar-refractivity contribution in [1.29, 1.82) is 0 Å². The van der Waals surface area contributed by atoms with Gasteiger partial charge in [-0.3, -0.25) is 0 Å². The van der Waals surface area contributed by atoms with E-state index in [0.29, 0.717) is 9.70 Å². The monoisotopic (exact) mass is 293 g/mol. The van der Waals surface area contributed by atoms with Crippen LogP contribution in [0.5, 0.6) is 0 Å². The predicted molar refractivity (Wildman–Crippen MR) is 58.9 cm³/mol. The number of hydrogen-bond donors (Lipinski definition) is 1. The quantitative estimate of drug-likeness (QED) is 0.741. The standard InChI is InChI=1S/C8H5FINS/c9-5-1-2-6(10)4-3-7(11)12-8(4)5/h1-3H,11H2. The third kappa shape index (κ3) is 1.19. The molecule has 2 N–H and O–H groups in total. The van der Waals surface area contributed by atoms with Crippen molar-refractivity contribution in [2.75, 3.05) is 5.73 Å². The number of anilines is 1. The van der Waals surface area contributed by atoms with Crippen LogP contribution >= 0.6 is 33.9 Å². The topological polar surface area (TPSA) is 26.0 Å². The maximum absolute atomic E-state index is 13.1. The zero-order chi connectivity index (χ0) is 8.72. The third-order valence-corrected chi connectivity index (χ3v) is 3.51. The molecule has 62 valence electrons. The van der Waals surface area contributed by atoms with Crippen molar-refractivity contribution >= 4 is 49.0 Å². The van der Waals surface area contributed by atoms with Gasteiger partial charge in [-0.1, -0.05) is 0 Å². The summed E-state index contributed by atoms with van der Waals surface area (Å²) in [5, 5.41) is 1.58. The summed E-state index contributed by atoms with van der Waals surface area (Å²) in [6.45, 7) is 0. The predicted octanol–water partition coefficient (Wildman–Crippen LogP) is 3.23. The van der Waals surface area contributed by atoms with Crippen LogP contribution in [-0.4, -0.2) is 0 Å². The first-order valence-corrected chi connectivity index (χ1v) is 5.21. The highest BCUT2D eigenvalue weighted by Crippen LogP contribution is 2.32. The second-order valence-electron chi connectivity index (χ2n) is 2.42. The van der Waals surface area contributed by atoms with Gasteiger partial charge in [0.05, 0.1) is 9.70 Å². The number of benzene rings is 1. The average Bonchev–Trinajstić information content (AvgIpc) is 2.41. The second-order valence-corrected chi connectivity index (χ2v) is 4.67. The Kier molecular flexibility index (Phi) is 1.96.